The first kappa shape index (κ1) is 26.6. The Hall–Kier alpha value is -2.46. The van der Waals surface area contributed by atoms with Gasteiger partial charge < -0.3 is 19.9 Å². The molecule has 36 heavy (non-hydrogen) atoms. The molecule has 6 nitrogen and oxygen atoms in total. The average Bonchev–Trinajstić information content (AvgIpc) is 2.83. The van der Waals surface area contributed by atoms with Crippen LogP contribution in [0.2, 0.25) is 0 Å². The van der Waals surface area contributed by atoms with Crippen molar-refractivity contribution in [2.45, 2.75) is 69.3 Å². The number of halogens is 3. The molecule has 0 saturated carbocycles. The van der Waals surface area contributed by atoms with Crippen LogP contribution < -0.4 is 5.32 Å². The predicted octanol–water partition coefficient (Wildman–Crippen LogP) is 4.08. The minimum Gasteiger partial charge on any atom is -0.389 e. The highest BCUT2D eigenvalue weighted by molar-refractivity contribution is 5.77. The number of hydrogen-bond acceptors (Lipinski definition) is 5. The van der Waals surface area contributed by atoms with Crippen molar-refractivity contribution >= 4 is 5.91 Å². The number of rotatable bonds is 6. The van der Waals surface area contributed by atoms with E-state index in [9.17, 15) is 23.1 Å². The lowest BCUT2D eigenvalue weighted by Crippen LogP contribution is -2.55. The minimum atomic E-state index is -4.38. The molecule has 5 atom stereocenters. The van der Waals surface area contributed by atoms with Gasteiger partial charge in [0.25, 0.3) is 0 Å². The third-order valence-electron chi connectivity index (χ3n) is 6.84. The number of benzene rings is 2. The fourth-order valence-corrected chi connectivity index (χ4v) is 4.99. The lowest BCUT2D eigenvalue weighted by atomic mass is 9.94. The van der Waals surface area contributed by atoms with Gasteiger partial charge in [-0.05, 0) is 43.0 Å². The van der Waals surface area contributed by atoms with E-state index in [1.54, 1.807) is 0 Å². The second kappa shape index (κ2) is 11.7. The highest BCUT2D eigenvalue weighted by atomic mass is 19.4. The number of ether oxygens (including phenoxy) is 2. The number of carbonyl (C=O) groups excluding carboxylic acids is 1. The predicted molar refractivity (Wildman–Crippen MR) is 128 cm³/mol. The number of β-amino-alcohol motifs (C(OH)–C–C–N with tert-alkyl or cyclic N) is 1. The second-order valence-corrected chi connectivity index (χ2v) is 9.66. The number of hydrogen-bond donors (Lipinski definition) is 2. The van der Waals surface area contributed by atoms with Crippen molar-refractivity contribution in [1.29, 1.82) is 0 Å². The summed E-state index contributed by atoms with van der Waals surface area (Å²) >= 11 is 0. The van der Waals surface area contributed by atoms with E-state index in [0.29, 0.717) is 19.5 Å². The Labute approximate surface area is 209 Å². The summed E-state index contributed by atoms with van der Waals surface area (Å²) in [5, 5.41) is 13.4. The van der Waals surface area contributed by atoms with E-state index in [4.69, 9.17) is 9.47 Å². The molecule has 2 heterocycles. The number of nitrogens with zero attached hydrogens (tertiary/aromatic N) is 1. The molecule has 2 fully saturated rings. The molecular formula is C27H33F3N2O4. The summed E-state index contributed by atoms with van der Waals surface area (Å²) in [4.78, 5) is 14.7. The lowest BCUT2D eigenvalue weighted by molar-refractivity contribution is -0.158. The molecule has 2 aliphatic heterocycles. The maximum absolute atomic E-state index is 12.9. The van der Waals surface area contributed by atoms with Crippen LogP contribution in [0.15, 0.2) is 54.6 Å². The monoisotopic (exact) mass is 506 g/mol. The van der Waals surface area contributed by atoms with E-state index >= 15 is 0 Å². The molecule has 2 aliphatic rings. The second-order valence-electron chi connectivity index (χ2n) is 9.66. The molecule has 196 valence electrons. The van der Waals surface area contributed by atoms with Gasteiger partial charge >= 0.3 is 6.18 Å². The summed E-state index contributed by atoms with van der Waals surface area (Å²) in [6, 6.07) is 14.7. The van der Waals surface area contributed by atoms with Gasteiger partial charge in [-0.1, -0.05) is 42.5 Å². The lowest BCUT2D eigenvalue weighted by Gasteiger charge is -2.44. The molecule has 2 aromatic carbocycles. The quantitative estimate of drug-likeness (QED) is 0.618. The summed E-state index contributed by atoms with van der Waals surface area (Å²) in [5.41, 5.74) is 1.07. The van der Waals surface area contributed by atoms with Gasteiger partial charge in [0.1, 0.15) is 0 Å². The summed E-state index contributed by atoms with van der Waals surface area (Å²) in [5.74, 6) is -0.0846. The van der Waals surface area contributed by atoms with Crippen LogP contribution in [-0.2, 0) is 27.0 Å². The van der Waals surface area contributed by atoms with Gasteiger partial charge in [-0.3, -0.25) is 9.69 Å². The summed E-state index contributed by atoms with van der Waals surface area (Å²) in [6.45, 7) is 3.09. The van der Waals surface area contributed by atoms with Crippen molar-refractivity contribution in [3.05, 3.63) is 71.3 Å². The average molecular weight is 507 g/mol. The van der Waals surface area contributed by atoms with Crippen molar-refractivity contribution in [3.63, 3.8) is 0 Å². The SMILES string of the molecule is C[C@@H](NC(=O)C[C@H]1CC[C@@H]2[C@H](COC[C@@H](O)CN2Cc2ccc(C(F)(F)F)cc2)O1)c1ccccc1. The third kappa shape index (κ3) is 7.06. The number of aliphatic hydroxyl groups is 1. The molecule has 4 rings (SSSR count). The van der Waals surface area contributed by atoms with E-state index in [1.807, 2.05) is 37.3 Å². The summed E-state index contributed by atoms with van der Waals surface area (Å²) < 4.78 is 50.7. The fraction of sp³-hybridized carbons (Fsp3) is 0.519. The van der Waals surface area contributed by atoms with E-state index in [0.717, 1.165) is 29.7 Å². The first-order chi connectivity index (χ1) is 17.2. The van der Waals surface area contributed by atoms with Crippen LogP contribution in [0.25, 0.3) is 0 Å². The molecule has 0 spiro atoms. The molecule has 2 N–H and O–H groups in total. The van der Waals surface area contributed by atoms with Gasteiger partial charge in [0.15, 0.2) is 0 Å². The van der Waals surface area contributed by atoms with Gasteiger partial charge in [-0.2, -0.15) is 13.2 Å². The molecule has 2 saturated heterocycles. The zero-order chi connectivity index (χ0) is 25.7. The van der Waals surface area contributed by atoms with Crippen LogP contribution in [0.4, 0.5) is 13.2 Å². The van der Waals surface area contributed by atoms with E-state index < -0.39 is 17.8 Å². The van der Waals surface area contributed by atoms with E-state index in [1.165, 1.54) is 12.1 Å². The van der Waals surface area contributed by atoms with E-state index in [2.05, 4.69) is 10.2 Å². The molecule has 0 radical (unpaired) electrons. The summed E-state index contributed by atoms with van der Waals surface area (Å²) in [7, 11) is 0. The molecule has 2 aromatic rings. The van der Waals surface area contributed by atoms with Crippen LogP contribution in [-0.4, -0.2) is 60.0 Å². The minimum absolute atomic E-state index is 0.0789. The Bertz CT molecular complexity index is 987. The first-order valence-corrected chi connectivity index (χ1v) is 12.3. The molecule has 1 amide bonds. The standard InChI is InChI=1S/C27H33F3N2O4/c1-18(20-5-3-2-4-6-20)31-26(34)13-23-11-12-24-25(36-23)17-35-16-22(33)15-32(24)14-19-7-9-21(10-8-19)27(28,29)30/h2-10,18,22-25,33H,11-17H2,1H3,(H,31,34)/t18-,22+,23-,24-,25+/m1/s1. The van der Waals surface area contributed by atoms with Gasteiger partial charge in [0.05, 0.1) is 49.6 Å². The first-order valence-electron chi connectivity index (χ1n) is 12.3. The van der Waals surface area contributed by atoms with Crippen molar-refractivity contribution in [2.75, 3.05) is 19.8 Å². The number of amides is 1. The maximum Gasteiger partial charge on any atom is 0.416 e. The van der Waals surface area contributed by atoms with Gasteiger partial charge in [0, 0.05) is 19.1 Å². The molecule has 0 aromatic heterocycles. The van der Waals surface area contributed by atoms with Crippen LogP contribution >= 0.6 is 0 Å². The van der Waals surface area contributed by atoms with E-state index in [-0.39, 0.29) is 49.8 Å². The van der Waals surface area contributed by atoms with Gasteiger partial charge in [0.2, 0.25) is 5.91 Å². The van der Waals surface area contributed by atoms with Crippen LogP contribution in [0.1, 0.15) is 48.9 Å². The molecule has 0 bridgehead atoms. The number of aliphatic hydroxyl groups excluding tert-OH is 1. The van der Waals surface area contributed by atoms with Gasteiger partial charge in [-0.15, -0.1) is 0 Å². The van der Waals surface area contributed by atoms with Crippen molar-refractivity contribution in [2.24, 2.45) is 0 Å². The van der Waals surface area contributed by atoms with Crippen molar-refractivity contribution < 1.29 is 32.5 Å². The Kier molecular flexibility index (Phi) is 8.66. The Morgan fingerprint density at radius 1 is 1.11 bits per heavy atom. The highest BCUT2D eigenvalue weighted by Crippen LogP contribution is 2.31. The number of nitrogens with one attached hydrogen (secondary N) is 1. The zero-order valence-electron chi connectivity index (χ0n) is 20.3. The van der Waals surface area contributed by atoms with Crippen LogP contribution in [0.3, 0.4) is 0 Å². The molecule has 0 unspecified atom stereocenters. The Balaban J connectivity index is 1.37. The van der Waals surface area contributed by atoms with Crippen LogP contribution in [0, 0.1) is 0 Å². The number of alkyl halides is 3. The molecular weight excluding hydrogens is 473 g/mol. The van der Waals surface area contributed by atoms with Crippen molar-refractivity contribution in [1.82, 2.24) is 10.2 Å². The highest BCUT2D eigenvalue weighted by Gasteiger charge is 2.38. The van der Waals surface area contributed by atoms with Crippen LogP contribution in [0.5, 0.6) is 0 Å². The Morgan fingerprint density at radius 2 is 1.83 bits per heavy atom. The zero-order valence-corrected chi connectivity index (χ0v) is 20.3. The number of fused-ring (bicyclic) bond motifs is 1. The maximum atomic E-state index is 12.9. The molecule has 9 heteroatoms. The van der Waals surface area contributed by atoms with Crippen molar-refractivity contribution in [3.8, 4) is 0 Å². The summed E-state index contributed by atoms with van der Waals surface area (Å²) in [6.07, 6.45) is -4.01. The Morgan fingerprint density at radius 3 is 2.53 bits per heavy atom. The third-order valence-corrected chi connectivity index (χ3v) is 6.84. The fourth-order valence-electron chi connectivity index (χ4n) is 4.99. The molecule has 0 aliphatic carbocycles. The number of carbonyl (C=O) groups is 1. The largest absolute Gasteiger partial charge is 0.416 e. The van der Waals surface area contributed by atoms with Gasteiger partial charge in [-0.25, -0.2) is 0 Å². The smallest absolute Gasteiger partial charge is 0.389 e. The topological polar surface area (TPSA) is 71.0 Å². The normalized spacial score (nSPS) is 26.4.